The molecule has 1 N–H and O–H groups in total. The predicted octanol–water partition coefficient (Wildman–Crippen LogP) is 0.776. The number of aryl methyl sites for hydroxylation is 2. The van der Waals surface area contributed by atoms with Crippen LogP contribution in [0.4, 0.5) is 11.5 Å². The lowest BCUT2D eigenvalue weighted by atomic mass is 10.2. The molecule has 2 rings (SSSR count). The smallest absolute Gasteiger partial charge is 0.314 e. The van der Waals surface area contributed by atoms with Crippen molar-refractivity contribution in [3.8, 4) is 0 Å². The van der Waals surface area contributed by atoms with Crippen molar-refractivity contribution in [2.45, 2.75) is 26.3 Å². The summed E-state index contributed by atoms with van der Waals surface area (Å²) in [6.45, 7) is 3.31. The number of imide groups is 1. The quantitative estimate of drug-likeness (QED) is 0.497. The molecule has 1 unspecified atom stereocenters. The molecule has 0 bridgehead atoms. The van der Waals surface area contributed by atoms with Gasteiger partial charge in [-0.05, 0) is 19.9 Å². The molecular formula is C12H14N4O4. The van der Waals surface area contributed by atoms with Crippen LogP contribution in [-0.4, -0.2) is 39.7 Å². The second kappa shape index (κ2) is 4.87. The maximum absolute atomic E-state index is 11.8. The third-order valence-electron chi connectivity index (χ3n) is 3.19. The zero-order valence-electron chi connectivity index (χ0n) is 11.3. The molecule has 0 aromatic carbocycles. The van der Waals surface area contributed by atoms with Crippen molar-refractivity contribution >= 4 is 23.3 Å². The summed E-state index contributed by atoms with van der Waals surface area (Å²) in [5, 5.41) is 13.8. The second-order valence-corrected chi connectivity index (χ2v) is 4.73. The molecule has 1 aliphatic rings. The molecule has 1 aromatic heterocycles. The summed E-state index contributed by atoms with van der Waals surface area (Å²) < 4.78 is 0. The first-order chi connectivity index (χ1) is 9.31. The summed E-state index contributed by atoms with van der Waals surface area (Å²) in [6, 6.07) is 0.789. The largest absolute Gasteiger partial charge is 0.352 e. The fourth-order valence-electron chi connectivity index (χ4n) is 2.19. The molecule has 0 aliphatic carbocycles. The Morgan fingerprint density at radius 3 is 2.60 bits per heavy atom. The number of hydrogen-bond donors (Lipinski definition) is 1. The number of carbonyl (C=O) groups excluding carboxylic acids is 2. The van der Waals surface area contributed by atoms with Crippen LogP contribution in [0, 0.1) is 24.0 Å². The highest BCUT2D eigenvalue weighted by Crippen LogP contribution is 2.28. The van der Waals surface area contributed by atoms with Crippen LogP contribution >= 0.6 is 0 Å². The lowest BCUT2D eigenvalue weighted by molar-refractivity contribution is -0.384. The topological polar surface area (TPSA) is 105 Å². The molecule has 0 radical (unpaired) electrons. The van der Waals surface area contributed by atoms with Crippen molar-refractivity contribution in [3.05, 3.63) is 27.4 Å². The molecule has 1 atom stereocenters. The Hall–Kier alpha value is -2.51. The molecule has 0 saturated carbocycles. The fourth-order valence-corrected chi connectivity index (χ4v) is 2.19. The number of likely N-dealkylation sites (tertiary alicyclic amines) is 1. The summed E-state index contributed by atoms with van der Waals surface area (Å²) in [4.78, 5) is 38.9. The normalized spacial score (nSPS) is 18.6. The number of amides is 2. The molecule has 106 valence electrons. The molecule has 8 nitrogen and oxygen atoms in total. The van der Waals surface area contributed by atoms with E-state index in [4.69, 9.17) is 0 Å². The van der Waals surface area contributed by atoms with Crippen LogP contribution in [0.5, 0.6) is 0 Å². The molecular weight excluding hydrogens is 264 g/mol. The van der Waals surface area contributed by atoms with Gasteiger partial charge in [0.15, 0.2) is 0 Å². The first-order valence-electron chi connectivity index (χ1n) is 6.01. The molecule has 1 aromatic rings. The monoisotopic (exact) mass is 278 g/mol. The lowest BCUT2D eigenvalue weighted by Crippen LogP contribution is -2.32. The average Bonchev–Trinajstić information content (AvgIpc) is 2.55. The number of carbonyl (C=O) groups is 2. The highest BCUT2D eigenvalue weighted by atomic mass is 16.6. The third kappa shape index (κ3) is 2.31. The minimum atomic E-state index is -0.806. The Labute approximate surface area is 114 Å². The molecule has 2 amide bonds. The highest BCUT2D eigenvalue weighted by molar-refractivity contribution is 6.06. The molecule has 1 saturated heterocycles. The zero-order valence-corrected chi connectivity index (χ0v) is 11.3. The van der Waals surface area contributed by atoms with Crippen LogP contribution in [0.1, 0.15) is 17.7 Å². The minimum Gasteiger partial charge on any atom is -0.352 e. The van der Waals surface area contributed by atoms with E-state index in [0.717, 1.165) is 4.90 Å². The number of pyridine rings is 1. The van der Waals surface area contributed by atoms with Gasteiger partial charge in [0.1, 0.15) is 6.04 Å². The Morgan fingerprint density at radius 2 is 2.10 bits per heavy atom. The van der Waals surface area contributed by atoms with Gasteiger partial charge >= 0.3 is 5.69 Å². The first kappa shape index (κ1) is 13.9. The maximum atomic E-state index is 11.8. The van der Waals surface area contributed by atoms with Gasteiger partial charge in [-0.25, -0.2) is 4.98 Å². The summed E-state index contributed by atoms with van der Waals surface area (Å²) in [7, 11) is 1.38. The van der Waals surface area contributed by atoms with Gasteiger partial charge in [0.25, 0.3) is 5.91 Å². The molecule has 1 fully saturated rings. The first-order valence-corrected chi connectivity index (χ1v) is 6.01. The number of hydrogen-bond acceptors (Lipinski definition) is 6. The predicted molar refractivity (Wildman–Crippen MR) is 70.2 cm³/mol. The van der Waals surface area contributed by atoms with E-state index in [9.17, 15) is 19.7 Å². The molecule has 0 spiro atoms. The SMILES string of the molecule is Cc1cc(C)c([N+](=O)[O-])c(NC2CC(=O)N(C)C2=O)n1. The van der Waals surface area contributed by atoms with Gasteiger partial charge in [-0.2, -0.15) is 0 Å². The van der Waals surface area contributed by atoms with E-state index in [1.165, 1.54) is 7.05 Å². The van der Waals surface area contributed by atoms with Crippen LogP contribution < -0.4 is 5.32 Å². The summed E-state index contributed by atoms with van der Waals surface area (Å²) in [6.07, 6.45) is -0.0266. The molecule has 2 heterocycles. The third-order valence-corrected chi connectivity index (χ3v) is 3.19. The highest BCUT2D eigenvalue weighted by Gasteiger charge is 2.37. The zero-order chi connectivity index (χ0) is 15.0. The summed E-state index contributed by atoms with van der Waals surface area (Å²) in [5.41, 5.74) is 0.876. The Morgan fingerprint density at radius 1 is 1.45 bits per heavy atom. The number of likely N-dealkylation sites (N-methyl/N-ethyl adjacent to an activating group) is 1. The Balaban J connectivity index is 2.37. The number of anilines is 1. The number of aromatic nitrogens is 1. The van der Waals surface area contributed by atoms with E-state index in [-0.39, 0.29) is 23.8 Å². The number of nitrogens with one attached hydrogen (secondary N) is 1. The molecule has 8 heteroatoms. The van der Waals surface area contributed by atoms with Crippen LogP contribution in [0.25, 0.3) is 0 Å². The van der Waals surface area contributed by atoms with Crippen molar-refractivity contribution in [1.82, 2.24) is 9.88 Å². The van der Waals surface area contributed by atoms with Gasteiger partial charge in [0.2, 0.25) is 11.7 Å². The Kier molecular flexibility index (Phi) is 3.39. The summed E-state index contributed by atoms with van der Waals surface area (Å²) in [5.74, 6) is -0.710. The van der Waals surface area contributed by atoms with Crippen LogP contribution in [-0.2, 0) is 9.59 Å². The van der Waals surface area contributed by atoms with Crippen LogP contribution in [0.3, 0.4) is 0 Å². The summed E-state index contributed by atoms with van der Waals surface area (Å²) >= 11 is 0. The fraction of sp³-hybridized carbons (Fsp3) is 0.417. The van der Waals surface area contributed by atoms with E-state index in [1.54, 1.807) is 19.9 Å². The van der Waals surface area contributed by atoms with E-state index >= 15 is 0 Å². The van der Waals surface area contributed by atoms with Gasteiger partial charge < -0.3 is 5.32 Å². The number of nitrogens with zero attached hydrogens (tertiary/aromatic N) is 3. The van der Waals surface area contributed by atoms with Gasteiger partial charge in [-0.1, -0.05) is 0 Å². The number of rotatable bonds is 3. The van der Waals surface area contributed by atoms with Crippen molar-refractivity contribution in [1.29, 1.82) is 0 Å². The van der Waals surface area contributed by atoms with Crippen molar-refractivity contribution in [2.75, 3.05) is 12.4 Å². The lowest BCUT2D eigenvalue weighted by Gasteiger charge is -2.13. The van der Waals surface area contributed by atoms with E-state index in [2.05, 4.69) is 10.3 Å². The van der Waals surface area contributed by atoms with Crippen molar-refractivity contribution in [3.63, 3.8) is 0 Å². The van der Waals surface area contributed by atoms with Crippen molar-refractivity contribution in [2.24, 2.45) is 0 Å². The van der Waals surface area contributed by atoms with Crippen LogP contribution in [0.2, 0.25) is 0 Å². The van der Waals surface area contributed by atoms with Gasteiger partial charge in [-0.3, -0.25) is 24.6 Å². The van der Waals surface area contributed by atoms with Gasteiger partial charge in [0.05, 0.1) is 11.3 Å². The van der Waals surface area contributed by atoms with Crippen LogP contribution in [0.15, 0.2) is 6.07 Å². The Bertz CT molecular complexity index is 614. The maximum Gasteiger partial charge on any atom is 0.314 e. The van der Waals surface area contributed by atoms with E-state index in [0.29, 0.717) is 11.3 Å². The molecule has 1 aliphatic heterocycles. The van der Waals surface area contributed by atoms with Gasteiger partial charge in [0, 0.05) is 18.3 Å². The van der Waals surface area contributed by atoms with E-state index in [1.807, 2.05) is 0 Å². The number of nitro groups is 1. The molecule has 20 heavy (non-hydrogen) atoms. The second-order valence-electron chi connectivity index (χ2n) is 4.73. The standard InChI is InChI=1S/C12H14N4O4/c1-6-4-7(2)13-11(10(6)16(19)20)14-8-5-9(17)15(3)12(8)18/h4,8H,5H2,1-3H3,(H,13,14). The average molecular weight is 278 g/mol. The van der Waals surface area contributed by atoms with E-state index < -0.39 is 16.9 Å². The van der Waals surface area contributed by atoms with Gasteiger partial charge in [-0.15, -0.1) is 0 Å². The minimum absolute atomic E-state index is 0.0222. The van der Waals surface area contributed by atoms with Crippen molar-refractivity contribution < 1.29 is 14.5 Å².